The second-order valence-electron chi connectivity index (χ2n) is 6.09. The Hall–Kier alpha value is -3.33. The SMILES string of the molecule is Cc1ccc(NC(=O)[C@H](C)OC(=O)c2cc3cc([N+](=O)[O-])ccc3s2)cc1F. The Morgan fingerprint density at radius 2 is 1.96 bits per heavy atom. The molecule has 0 aliphatic heterocycles. The molecule has 1 aromatic heterocycles. The summed E-state index contributed by atoms with van der Waals surface area (Å²) in [6, 6.07) is 10.0. The Labute approximate surface area is 162 Å². The van der Waals surface area contributed by atoms with Crippen LogP contribution in [0.1, 0.15) is 22.2 Å². The van der Waals surface area contributed by atoms with E-state index in [1.54, 1.807) is 19.1 Å². The number of hydrogen-bond donors (Lipinski definition) is 1. The van der Waals surface area contributed by atoms with Crippen molar-refractivity contribution in [3.63, 3.8) is 0 Å². The molecule has 9 heteroatoms. The van der Waals surface area contributed by atoms with E-state index in [4.69, 9.17) is 4.74 Å². The van der Waals surface area contributed by atoms with Gasteiger partial charge in [-0.25, -0.2) is 9.18 Å². The number of carbonyl (C=O) groups is 2. The van der Waals surface area contributed by atoms with Crippen LogP contribution < -0.4 is 5.32 Å². The molecule has 1 N–H and O–H groups in total. The van der Waals surface area contributed by atoms with Gasteiger partial charge in [0, 0.05) is 27.9 Å². The average molecular weight is 402 g/mol. The number of nitrogens with zero attached hydrogens (tertiary/aromatic N) is 1. The van der Waals surface area contributed by atoms with Gasteiger partial charge in [0.15, 0.2) is 6.10 Å². The topological polar surface area (TPSA) is 98.5 Å². The summed E-state index contributed by atoms with van der Waals surface area (Å²) in [5, 5.41) is 13.9. The monoisotopic (exact) mass is 402 g/mol. The molecule has 7 nitrogen and oxygen atoms in total. The second kappa shape index (κ2) is 7.73. The van der Waals surface area contributed by atoms with Crippen molar-refractivity contribution in [2.24, 2.45) is 0 Å². The number of ether oxygens (including phenoxy) is 1. The smallest absolute Gasteiger partial charge is 0.349 e. The van der Waals surface area contributed by atoms with Crippen LogP contribution in [0.4, 0.5) is 15.8 Å². The van der Waals surface area contributed by atoms with E-state index in [0.29, 0.717) is 15.6 Å². The van der Waals surface area contributed by atoms with E-state index >= 15 is 0 Å². The molecule has 0 fully saturated rings. The Kier molecular flexibility index (Phi) is 5.36. The van der Waals surface area contributed by atoms with Crippen molar-refractivity contribution >= 4 is 44.7 Å². The van der Waals surface area contributed by atoms with Crippen LogP contribution >= 0.6 is 11.3 Å². The number of benzene rings is 2. The fourth-order valence-corrected chi connectivity index (χ4v) is 3.36. The number of anilines is 1. The number of non-ortho nitro benzene ring substituents is 1. The predicted molar refractivity (Wildman–Crippen MR) is 103 cm³/mol. The van der Waals surface area contributed by atoms with Gasteiger partial charge in [-0.1, -0.05) is 6.07 Å². The maximum Gasteiger partial charge on any atom is 0.349 e. The highest BCUT2D eigenvalue weighted by atomic mass is 32.1. The number of halogens is 1. The molecule has 3 rings (SSSR count). The van der Waals surface area contributed by atoms with Crippen LogP contribution in [0.25, 0.3) is 10.1 Å². The van der Waals surface area contributed by atoms with Gasteiger partial charge in [0.1, 0.15) is 10.7 Å². The number of carbonyl (C=O) groups excluding carboxylic acids is 2. The fourth-order valence-electron chi connectivity index (χ4n) is 2.43. The second-order valence-corrected chi connectivity index (χ2v) is 7.17. The fraction of sp³-hybridized carbons (Fsp3) is 0.158. The number of nitro groups is 1. The minimum Gasteiger partial charge on any atom is -0.448 e. The van der Waals surface area contributed by atoms with Crippen molar-refractivity contribution < 1.29 is 23.6 Å². The summed E-state index contributed by atoms with van der Waals surface area (Å²) in [6.07, 6.45) is -1.11. The third-order valence-electron chi connectivity index (χ3n) is 4.00. The standard InChI is InChI=1S/C19H15FN2O5S/c1-10-3-4-13(9-15(10)20)21-18(23)11(2)27-19(24)17-8-12-7-14(22(25)26)5-6-16(12)28-17/h3-9,11H,1-2H3,(H,21,23)/t11-/m0/s1. The van der Waals surface area contributed by atoms with E-state index in [9.17, 15) is 24.1 Å². The Morgan fingerprint density at radius 1 is 1.21 bits per heavy atom. The number of aryl methyl sites for hydroxylation is 1. The highest BCUT2D eigenvalue weighted by Crippen LogP contribution is 2.29. The molecule has 3 aromatic rings. The van der Waals surface area contributed by atoms with Gasteiger partial charge in [-0.05, 0) is 43.7 Å². The molecule has 0 spiro atoms. The summed E-state index contributed by atoms with van der Waals surface area (Å²) in [7, 11) is 0. The van der Waals surface area contributed by atoms with Crippen LogP contribution in [-0.2, 0) is 9.53 Å². The number of esters is 1. The van der Waals surface area contributed by atoms with Crippen LogP contribution in [-0.4, -0.2) is 22.9 Å². The van der Waals surface area contributed by atoms with Crippen molar-refractivity contribution in [1.82, 2.24) is 0 Å². The molecule has 0 aliphatic rings. The van der Waals surface area contributed by atoms with E-state index in [1.165, 1.54) is 37.3 Å². The first kappa shape index (κ1) is 19.4. The maximum atomic E-state index is 13.6. The summed E-state index contributed by atoms with van der Waals surface area (Å²) in [5.41, 5.74) is 0.621. The molecule has 0 unspecified atom stereocenters. The van der Waals surface area contributed by atoms with Gasteiger partial charge in [-0.2, -0.15) is 0 Å². The summed E-state index contributed by atoms with van der Waals surface area (Å²) in [4.78, 5) is 35.0. The molecule has 0 radical (unpaired) electrons. The van der Waals surface area contributed by atoms with Crippen molar-refractivity contribution in [3.05, 3.63) is 68.8 Å². The van der Waals surface area contributed by atoms with E-state index in [-0.39, 0.29) is 16.3 Å². The van der Waals surface area contributed by atoms with Crippen LogP contribution in [0.15, 0.2) is 42.5 Å². The highest BCUT2D eigenvalue weighted by Gasteiger charge is 2.21. The average Bonchev–Trinajstić information content (AvgIpc) is 3.08. The van der Waals surface area contributed by atoms with Crippen molar-refractivity contribution in [2.75, 3.05) is 5.32 Å². The van der Waals surface area contributed by atoms with Gasteiger partial charge in [-0.3, -0.25) is 14.9 Å². The van der Waals surface area contributed by atoms with Gasteiger partial charge in [0.05, 0.1) is 4.92 Å². The predicted octanol–water partition coefficient (Wildman–Crippen LogP) is 4.44. The van der Waals surface area contributed by atoms with Crippen molar-refractivity contribution in [3.8, 4) is 0 Å². The zero-order valence-corrected chi connectivity index (χ0v) is 15.7. The lowest BCUT2D eigenvalue weighted by Gasteiger charge is -2.13. The van der Waals surface area contributed by atoms with Crippen LogP contribution in [0.5, 0.6) is 0 Å². The van der Waals surface area contributed by atoms with Gasteiger partial charge in [0.25, 0.3) is 11.6 Å². The molecular formula is C19H15FN2O5S. The third-order valence-corrected chi connectivity index (χ3v) is 5.10. The molecule has 0 saturated carbocycles. The van der Waals surface area contributed by atoms with E-state index in [1.807, 2.05) is 0 Å². The molecule has 0 aliphatic carbocycles. The summed E-state index contributed by atoms with van der Waals surface area (Å²) in [5.74, 6) is -1.78. The number of thiophene rings is 1. The zero-order chi connectivity index (χ0) is 20.4. The number of rotatable bonds is 5. The Balaban J connectivity index is 1.69. The molecule has 1 amide bonds. The molecule has 0 bridgehead atoms. The maximum absolute atomic E-state index is 13.6. The third kappa shape index (κ3) is 4.15. The quantitative estimate of drug-likeness (QED) is 0.386. The van der Waals surface area contributed by atoms with Gasteiger partial charge in [-0.15, -0.1) is 11.3 Å². The molecule has 0 saturated heterocycles. The van der Waals surface area contributed by atoms with Crippen molar-refractivity contribution in [2.45, 2.75) is 20.0 Å². The van der Waals surface area contributed by atoms with Crippen LogP contribution in [0.3, 0.4) is 0 Å². The summed E-state index contributed by atoms with van der Waals surface area (Å²) >= 11 is 1.11. The largest absolute Gasteiger partial charge is 0.448 e. The molecule has 144 valence electrons. The normalized spacial score (nSPS) is 11.8. The summed E-state index contributed by atoms with van der Waals surface area (Å²) < 4.78 is 19.4. The number of nitro benzene ring substituents is 1. The minimum absolute atomic E-state index is 0.0803. The summed E-state index contributed by atoms with van der Waals surface area (Å²) in [6.45, 7) is 3.00. The van der Waals surface area contributed by atoms with Crippen molar-refractivity contribution in [1.29, 1.82) is 0 Å². The van der Waals surface area contributed by atoms with Crippen LogP contribution in [0, 0.1) is 22.9 Å². The molecule has 1 atom stereocenters. The molecule has 28 heavy (non-hydrogen) atoms. The van der Waals surface area contributed by atoms with Gasteiger partial charge < -0.3 is 10.1 Å². The Bertz CT molecular complexity index is 1100. The lowest BCUT2D eigenvalue weighted by Crippen LogP contribution is -2.29. The van der Waals surface area contributed by atoms with Crippen LogP contribution in [0.2, 0.25) is 0 Å². The first-order valence-electron chi connectivity index (χ1n) is 8.20. The van der Waals surface area contributed by atoms with Gasteiger partial charge in [0.2, 0.25) is 0 Å². The van der Waals surface area contributed by atoms with E-state index in [0.717, 1.165) is 11.3 Å². The number of nitrogens with one attached hydrogen (secondary N) is 1. The lowest BCUT2D eigenvalue weighted by molar-refractivity contribution is -0.384. The minimum atomic E-state index is -1.11. The van der Waals surface area contributed by atoms with Gasteiger partial charge >= 0.3 is 5.97 Å². The first-order valence-corrected chi connectivity index (χ1v) is 9.02. The zero-order valence-electron chi connectivity index (χ0n) is 14.9. The number of fused-ring (bicyclic) bond motifs is 1. The Morgan fingerprint density at radius 3 is 2.64 bits per heavy atom. The molecule has 2 aromatic carbocycles. The number of amides is 1. The lowest BCUT2D eigenvalue weighted by atomic mass is 10.2. The van der Waals surface area contributed by atoms with E-state index < -0.39 is 28.7 Å². The van der Waals surface area contributed by atoms with E-state index in [2.05, 4.69) is 5.32 Å². The molecular weight excluding hydrogens is 387 g/mol. The number of hydrogen-bond acceptors (Lipinski definition) is 6. The highest BCUT2D eigenvalue weighted by molar-refractivity contribution is 7.20. The first-order chi connectivity index (χ1) is 13.2. The molecule has 1 heterocycles.